The van der Waals surface area contributed by atoms with Crippen LogP contribution in [0.25, 0.3) is 0 Å². The summed E-state index contributed by atoms with van der Waals surface area (Å²) in [4.78, 5) is 38.3. The number of unbranched alkanes of at least 4 members (excludes halogenated alkanes) is 28. The molecule has 0 aromatic rings. The van der Waals surface area contributed by atoms with Crippen LogP contribution in [0.2, 0.25) is 0 Å². The van der Waals surface area contributed by atoms with Crippen LogP contribution in [-0.4, -0.2) is 37.2 Å². The Kier molecular flexibility index (Phi) is 60.3. The van der Waals surface area contributed by atoms with Gasteiger partial charge in [0.2, 0.25) is 0 Å². The van der Waals surface area contributed by atoms with Gasteiger partial charge in [0.05, 0.1) is 0 Å². The van der Waals surface area contributed by atoms with Crippen LogP contribution < -0.4 is 0 Å². The fraction of sp³-hybridized carbons (Fsp3) is 0.700. The number of carbonyl (C=O) groups is 3. The first-order valence-electron chi connectivity index (χ1n) is 31.9. The molecule has 0 aliphatic rings. The van der Waals surface area contributed by atoms with E-state index in [1.807, 2.05) is 0 Å². The summed E-state index contributed by atoms with van der Waals surface area (Å²) >= 11 is 0. The monoisotopic (exact) mass is 1050 g/mol. The second-order valence-electron chi connectivity index (χ2n) is 20.9. The molecule has 0 aromatic carbocycles. The Hall–Kier alpha value is -3.93. The molecule has 0 fully saturated rings. The number of ether oxygens (including phenoxy) is 3. The number of carbonyl (C=O) groups excluding carboxylic acids is 3. The Labute approximate surface area is 470 Å². The minimum Gasteiger partial charge on any atom is -0.462 e. The number of rotatable bonds is 57. The molecular weight excluding hydrogens is 937 g/mol. The van der Waals surface area contributed by atoms with Gasteiger partial charge >= 0.3 is 17.9 Å². The molecule has 434 valence electrons. The third kappa shape index (κ3) is 60.9. The van der Waals surface area contributed by atoms with Crippen LogP contribution in [0.15, 0.2) is 109 Å². The van der Waals surface area contributed by atoms with E-state index in [4.69, 9.17) is 14.2 Å². The quantitative estimate of drug-likeness (QED) is 0.0261. The van der Waals surface area contributed by atoms with Crippen molar-refractivity contribution in [2.45, 2.75) is 303 Å². The van der Waals surface area contributed by atoms with Crippen molar-refractivity contribution in [3.05, 3.63) is 109 Å². The van der Waals surface area contributed by atoms with Gasteiger partial charge in [-0.05, 0) is 128 Å². The maximum atomic E-state index is 12.9. The van der Waals surface area contributed by atoms with E-state index in [9.17, 15) is 14.4 Å². The second-order valence-corrected chi connectivity index (χ2v) is 20.9. The van der Waals surface area contributed by atoms with E-state index in [1.54, 1.807) is 0 Å². The molecule has 0 spiro atoms. The van der Waals surface area contributed by atoms with Crippen molar-refractivity contribution in [3.8, 4) is 0 Å². The normalized spacial score (nSPS) is 12.8. The Morgan fingerprint density at radius 1 is 0.276 bits per heavy atom. The summed E-state index contributed by atoms with van der Waals surface area (Å²) in [5, 5.41) is 0. The molecule has 0 radical (unpaired) electrons. The Bertz CT molecular complexity index is 1540. The predicted octanol–water partition coefficient (Wildman–Crippen LogP) is 21.8. The number of allylic oxidation sites excluding steroid dienone is 18. The summed E-state index contributed by atoms with van der Waals surface area (Å²) in [6.45, 7) is 6.48. The lowest BCUT2D eigenvalue weighted by Crippen LogP contribution is -2.30. The zero-order valence-electron chi connectivity index (χ0n) is 49.7. The molecule has 0 aliphatic carbocycles. The van der Waals surface area contributed by atoms with Crippen molar-refractivity contribution in [1.29, 1.82) is 0 Å². The van der Waals surface area contributed by atoms with E-state index in [1.165, 1.54) is 135 Å². The largest absolute Gasteiger partial charge is 0.462 e. The molecule has 6 nitrogen and oxygen atoms in total. The van der Waals surface area contributed by atoms with Crippen molar-refractivity contribution >= 4 is 17.9 Å². The summed E-state index contributed by atoms with van der Waals surface area (Å²) in [6.07, 6.45) is 86.6. The number of hydrogen-bond donors (Lipinski definition) is 0. The molecule has 0 amide bonds. The van der Waals surface area contributed by atoms with Gasteiger partial charge in [-0.25, -0.2) is 0 Å². The topological polar surface area (TPSA) is 78.9 Å². The Morgan fingerprint density at radius 2 is 0.513 bits per heavy atom. The van der Waals surface area contributed by atoms with Crippen LogP contribution in [0.1, 0.15) is 297 Å². The van der Waals surface area contributed by atoms with Gasteiger partial charge in [-0.15, -0.1) is 0 Å². The zero-order chi connectivity index (χ0) is 55.0. The van der Waals surface area contributed by atoms with Crippen molar-refractivity contribution in [1.82, 2.24) is 0 Å². The molecule has 0 heterocycles. The first kappa shape index (κ1) is 72.1. The molecule has 76 heavy (non-hydrogen) atoms. The average Bonchev–Trinajstić information content (AvgIpc) is 3.42. The van der Waals surface area contributed by atoms with Gasteiger partial charge in [-0.1, -0.05) is 259 Å². The lowest BCUT2D eigenvalue weighted by atomic mass is 10.1. The van der Waals surface area contributed by atoms with Crippen molar-refractivity contribution in [2.24, 2.45) is 0 Å². The van der Waals surface area contributed by atoms with Gasteiger partial charge in [0.15, 0.2) is 6.10 Å². The molecule has 1 unspecified atom stereocenters. The molecule has 0 saturated heterocycles. The summed E-state index contributed by atoms with van der Waals surface area (Å²) in [7, 11) is 0. The fourth-order valence-electron chi connectivity index (χ4n) is 8.71. The van der Waals surface area contributed by atoms with Gasteiger partial charge in [-0.3, -0.25) is 14.4 Å². The number of hydrogen-bond acceptors (Lipinski definition) is 6. The fourth-order valence-corrected chi connectivity index (χ4v) is 8.71. The van der Waals surface area contributed by atoms with Crippen LogP contribution in [0.4, 0.5) is 0 Å². The highest BCUT2D eigenvalue weighted by Crippen LogP contribution is 2.15. The van der Waals surface area contributed by atoms with Crippen LogP contribution in [-0.2, 0) is 28.6 Å². The second kappa shape index (κ2) is 63.6. The van der Waals surface area contributed by atoms with Crippen LogP contribution >= 0.6 is 0 Å². The molecular formula is C70H118O6. The van der Waals surface area contributed by atoms with Crippen LogP contribution in [0.5, 0.6) is 0 Å². The Morgan fingerprint density at radius 3 is 0.842 bits per heavy atom. The maximum absolute atomic E-state index is 12.9. The predicted molar refractivity (Wildman–Crippen MR) is 330 cm³/mol. The Balaban J connectivity index is 4.37. The summed E-state index contributed by atoms with van der Waals surface area (Å²) in [5.74, 6) is -0.911. The van der Waals surface area contributed by atoms with Crippen molar-refractivity contribution in [2.75, 3.05) is 13.2 Å². The third-order valence-electron chi connectivity index (χ3n) is 13.5. The smallest absolute Gasteiger partial charge is 0.306 e. The van der Waals surface area contributed by atoms with Crippen LogP contribution in [0.3, 0.4) is 0 Å². The highest BCUT2D eigenvalue weighted by molar-refractivity contribution is 5.71. The minimum absolute atomic E-state index is 0.0897. The number of esters is 3. The summed E-state index contributed by atoms with van der Waals surface area (Å²) in [5.41, 5.74) is 0. The standard InChI is InChI=1S/C70H118O6/c1-4-7-10-13-16-19-22-25-27-29-31-33-35-37-39-41-43-45-48-51-54-57-60-63-69(72)75-66-67(65-74-68(71)62-59-56-53-50-47-24-21-18-15-12-9-6-3)76-70(73)64-61-58-55-52-49-46-44-42-40-38-36-34-32-30-28-26-23-20-17-14-11-8-5-2/h7,10,16,18-19,21,23,25-27,30-33,36-39,67H,4-6,8-9,11-15,17,20,22,24,28-29,34-35,40-66H2,1-3H3/b10-7-,19-16-,21-18-,26-23-,27-25-,32-30-,33-31-,38-36-,39-37-. The summed E-state index contributed by atoms with van der Waals surface area (Å²) in [6, 6.07) is 0. The molecule has 0 aliphatic heterocycles. The molecule has 6 heteroatoms. The van der Waals surface area contributed by atoms with E-state index in [2.05, 4.69) is 130 Å². The first-order valence-corrected chi connectivity index (χ1v) is 31.9. The molecule has 0 saturated carbocycles. The lowest BCUT2D eigenvalue weighted by molar-refractivity contribution is -0.167. The lowest BCUT2D eigenvalue weighted by Gasteiger charge is -2.18. The molecule has 0 N–H and O–H groups in total. The highest BCUT2D eigenvalue weighted by Gasteiger charge is 2.19. The molecule has 0 aromatic heterocycles. The van der Waals surface area contributed by atoms with E-state index in [-0.39, 0.29) is 31.1 Å². The first-order chi connectivity index (χ1) is 37.5. The third-order valence-corrected chi connectivity index (χ3v) is 13.5. The maximum Gasteiger partial charge on any atom is 0.306 e. The summed E-state index contributed by atoms with van der Waals surface area (Å²) < 4.78 is 16.9. The average molecular weight is 1060 g/mol. The van der Waals surface area contributed by atoms with Crippen LogP contribution in [0, 0.1) is 0 Å². The highest BCUT2D eigenvalue weighted by atomic mass is 16.6. The van der Waals surface area contributed by atoms with Gasteiger partial charge in [0.1, 0.15) is 13.2 Å². The van der Waals surface area contributed by atoms with E-state index in [0.717, 1.165) is 122 Å². The van der Waals surface area contributed by atoms with Crippen molar-refractivity contribution in [3.63, 3.8) is 0 Å². The van der Waals surface area contributed by atoms with Gasteiger partial charge < -0.3 is 14.2 Å². The van der Waals surface area contributed by atoms with Gasteiger partial charge in [-0.2, -0.15) is 0 Å². The zero-order valence-corrected chi connectivity index (χ0v) is 49.7. The van der Waals surface area contributed by atoms with Gasteiger partial charge in [0, 0.05) is 19.3 Å². The van der Waals surface area contributed by atoms with E-state index < -0.39 is 6.10 Å². The minimum atomic E-state index is -0.793. The van der Waals surface area contributed by atoms with E-state index in [0.29, 0.717) is 19.3 Å². The van der Waals surface area contributed by atoms with Gasteiger partial charge in [0.25, 0.3) is 0 Å². The van der Waals surface area contributed by atoms with Crippen molar-refractivity contribution < 1.29 is 28.6 Å². The molecule has 0 bridgehead atoms. The SMILES string of the molecule is CC/C=C\C/C=C\C/C=C\C/C=C\C/C=C\CCCCCCCCCC(=O)OCC(COC(=O)CCCCCCC/C=C\CCCCC)OC(=O)CCCCCCCCCC/C=C\C/C=C\C/C=C\CCCCCCC. The molecule has 1 atom stereocenters. The molecule has 0 rings (SSSR count). The van der Waals surface area contributed by atoms with E-state index >= 15 is 0 Å².